The number of unbranched alkanes of at least 4 members (excludes halogenated alkanes) is 5. The van der Waals surface area contributed by atoms with Crippen LogP contribution < -0.4 is 5.32 Å². The van der Waals surface area contributed by atoms with Gasteiger partial charge in [-0.3, -0.25) is 0 Å². The Kier molecular flexibility index (Phi) is 7.09. The van der Waals surface area contributed by atoms with Crippen LogP contribution in [0.1, 0.15) is 55.9 Å². The second-order valence-electron chi connectivity index (χ2n) is 11.8. The fraction of sp³-hybridized carbons (Fsp3) is 0.200. The summed E-state index contributed by atoms with van der Waals surface area (Å²) >= 11 is 3.60. The van der Waals surface area contributed by atoms with Crippen molar-refractivity contribution < 1.29 is 4.39 Å². The van der Waals surface area contributed by atoms with E-state index >= 15 is 0 Å². The van der Waals surface area contributed by atoms with E-state index in [4.69, 9.17) is 0 Å². The fourth-order valence-electron chi connectivity index (χ4n) is 6.67. The van der Waals surface area contributed by atoms with Crippen molar-refractivity contribution >= 4 is 39.1 Å². The van der Waals surface area contributed by atoms with Crippen molar-refractivity contribution in [2.75, 3.05) is 11.9 Å². The Bertz CT molecular complexity index is 2410. The maximum atomic E-state index is 13.5. The number of anilines is 1. The van der Waals surface area contributed by atoms with Crippen molar-refractivity contribution in [1.29, 1.82) is 0 Å². The van der Waals surface area contributed by atoms with Crippen LogP contribution in [-0.4, -0.2) is 6.54 Å². The van der Waals surface area contributed by atoms with E-state index in [1.807, 2.05) is 12.1 Å². The molecule has 1 nitrogen and oxygen atoms in total. The molecule has 2 aromatic heterocycles. The zero-order valence-electron chi connectivity index (χ0n) is 24.7. The highest BCUT2D eigenvalue weighted by atomic mass is 32.1. The van der Waals surface area contributed by atoms with Crippen LogP contribution >= 0.6 is 22.7 Å². The molecule has 6 aromatic rings. The first kappa shape index (κ1) is 27.4. The van der Waals surface area contributed by atoms with E-state index < -0.39 is 0 Å². The van der Waals surface area contributed by atoms with Crippen LogP contribution in [0.3, 0.4) is 0 Å². The van der Waals surface area contributed by atoms with Gasteiger partial charge >= 0.3 is 0 Å². The molecule has 0 radical (unpaired) electrons. The Balaban J connectivity index is 1.08. The van der Waals surface area contributed by atoms with Gasteiger partial charge in [-0.05, 0) is 81.7 Å². The SMILES string of the molecule is CCCCCCCCNc1ccc(C#Cc2cc3c(s2)=c2ccc4c5c(ccc=3c25)=c2sc(-c3ccc(F)cc3)cc2=4)cc1. The average Bonchev–Trinajstić information content (AvgIpc) is 3.80. The topological polar surface area (TPSA) is 12.0 Å². The highest BCUT2D eigenvalue weighted by molar-refractivity contribution is 7.13. The van der Waals surface area contributed by atoms with Gasteiger partial charge < -0.3 is 5.32 Å². The molecule has 2 heterocycles. The van der Waals surface area contributed by atoms with Crippen LogP contribution in [0.2, 0.25) is 0 Å². The number of rotatable bonds is 9. The molecule has 8 rings (SSSR count). The summed E-state index contributed by atoms with van der Waals surface area (Å²) in [6, 6.07) is 29.1. The largest absolute Gasteiger partial charge is 0.385 e. The first-order valence-electron chi connectivity index (χ1n) is 15.7. The number of hydrogen-bond donors (Lipinski definition) is 1. The second kappa shape index (κ2) is 11.4. The van der Waals surface area contributed by atoms with E-state index in [-0.39, 0.29) is 5.82 Å². The summed E-state index contributed by atoms with van der Waals surface area (Å²) in [7, 11) is 0. The average molecular weight is 610 g/mol. The lowest BCUT2D eigenvalue weighted by atomic mass is 10.1. The molecular weight excluding hydrogens is 578 g/mol. The number of thiophene rings is 2. The zero-order valence-corrected chi connectivity index (χ0v) is 26.4. The number of hydrogen-bond acceptors (Lipinski definition) is 3. The van der Waals surface area contributed by atoms with Crippen LogP contribution in [0, 0.1) is 58.0 Å². The van der Waals surface area contributed by atoms with Gasteiger partial charge in [-0.2, -0.15) is 0 Å². The molecule has 0 bridgehead atoms. The van der Waals surface area contributed by atoms with Crippen molar-refractivity contribution in [3.8, 4) is 22.3 Å². The van der Waals surface area contributed by atoms with Crippen molar-refractivity contribution in [1.82, 2.24) is 0 Å². The third-order valence-corrected chi connectivity index (χ3v) is 11.2. The van der Waals surface area contributed by atoms with Crippen LogP contribution in [0.5, 0.6) is 0 Å². The Morgan fingerprint density at radius 1 is 0.614 bits per heavy atom. The monoisotopic (exact) mass is 609 g/mol. The summed E-state index contributed by atoms with van der Waals surface area (Å²) < 4.78 is 16.1. The molecular formula is C40H32FNS2. The summed E-state index contributed by atoms with van der Waals surface area (Å²) in [5, 5.41) is 14.1. The molecule has 1 N–H and O–H groups in total. The van der Waals surface area contributed by atoms with Crippen molar-refractivity contribution in [3.05, 3.63) is 142 Å². The normalized spacial score (nSPS) is 11.9. The minimum Gasteiger partial charge on any atom is -0.385 e. The van der Waals surface area contributed by atoms with Gasteiger partial charge in [0.25, 0.3) is 0 Å². The third-order valence-electron chi connectivity index (χ3n) is 8.90. The fourth-order valence-corrected chi connectivity index (χ4v) is 8.93. The summed E-state index contributed by atoms with van der Waals surface area (Å²) in [4.78, 5) is 2.28. The number of halogens is 1. The lowest BCUT2D eigenvalue weighted by Crippen LogP contribution is -2.01. The quantitative estimate of drug-likeness (QED) is 0.127. The summed E-state index contributed by atoms with van der Waals surface area (Å²) in [5.74, 6) is 6.64. The molecule has 0 atom stereocenters. The van der Waals surface area contributed by atoms with E-state index in [9.17, 15) is 4.39 Å². The van der Waals surface area contributed by atoms with Crippen molar-refractivity contribution in [3.63, 3.8) is 0 Å². The van der Waals surface area contributed by atoms with Crippen LogP contribution in [0.25, 0.3) is 21.2 Å². The van der Waals surface area contributed by atoms with Crippen molar-refractivity contribution in [2.45, 2.75) is 45.4 Å². The van der Waals surface area contributed by atoms with Gasteiger partial charge in [-0.25, -0.2) is 4.39 Å². The number of benzene rings is 4. The first-order valence-corrected chi connectivity index (χ1v) is 17.3. The van der Waals surface area contributed by atoms with Gasteiger partial charge in [0.15, 0.2) is 0 Å². The molecule has 0 aliphatic heterocycles. The Morgan fingerprint density at radius 3 is 1.98 bits per heavy atom. The van der Waals surface area contributed by atoms with Crippen LogP contribution in [-0.2, 0) is 0 Å². The predicted octanol–water partition coefficient (Wildman–Crippen LogP) is 10.7. The Hall–Kier alpha value is -4.17. The van der Waals surface area contributed by atoms with Gasteiger partial charge in [0.1, 0.15) is 5.82 Å². The Morgan fingerprint density at radius 2 is 1.25 bits per heavy atom. The summed E-state index contributed by atoms with van der Waals surface area (Å²) in [6.07, 6.45) is 7.89. The second-order valence-corrected chi connectivity index (χ2v) is 13.9. The molecule has 2 aliphatic rings. The molecule has 216 valence electrons. The molecule has 2 aliphatic carbocycles. The van der Waals surface area contributed by atoms with E-state index in [1.54, 1.807) is 34.8 Å². The summed E-state index contributed by atoms with van der Waals surface area (Å²) in [6.45, 7) is 3.29. The van der Waals surface area contributed by atoms with Crippen LogP contribution in [0.4, 0.5) is 10.1 Å². The van der Waals surface area contributed by atoms with Crippen molar-refractivity contribution in [2.24, 2.45) is 0 Å². The lowest BCUT2D eigenvalue weighted by Gasteiger charge is -2.06. The Labute approximate surface area is 263 Å². The molecule has 4 aromatic carbocycles. The molecule has 44 heavy (non-hydrogen) atoms. The summed E-state index contributed by atoms with van der Waals surface area (Å²) in [5.41, 5.74) is 3.27. The first-order chi connectivity index (χ1) is 21.7. The molecule has 0 saturated heterocycles. The van der Waals surface area contributed by atoms with E-state index in [2.05, 4.69) is 84.7 Å². The van der Waals surface area contributed by atoms with Gasteiger partial charge in [-0.1, -0.05) is 87.3 Å². The van der Waals surface area contributed by atoms with E-state index in [0.29, 0.717) is 0 Å². The maximum absolute atomic E-state index is 13.5. The minimum atomic E-state index is -0.200. The molecule has 0 fully saturated rings. The van der Waals surface area contributed by atoms with Crippen LogP contribution in [0.15, 0.2) is 84.9 Å². The molecule has 0 amide bonds. The van der Waals surface area contributed by atoms with E-state index in [0.717, 1.165) is 22.5 Å². The predicted molar refractivity (Wildman–Crippen MR) is 183 cm³/mol. The van der Waals surface area contributed by atoms with Gasteiger partial charge in [0.2, 0.25) is 0 Å². The molecule has 4 heteroatoms. The van der Waals surface area contributed by atoms with Gasteiger partial charge in [-0.15, -0.1) is 22.7 Å². The molecule has 0 spiro atoms. The van der Waals surface area contributed by atoms with Gasteiger partial charge in [0, 0.05) is 52.6 Å². The third kappa shape index (κ3) is 4.76. The lowest BCUT2D eigenvalue weighted by molar-refractivity contribution is 0.617. The minimum absolute atomic E-state index is 0.200. The highest BCUT2D eigenvalue weighted by Crippen LogP contribution is 2.36. The molecule has 0 unspecified atom stereocenters. The molecule has 0 saturated carbocycles. The van der Waals surface area contributed by atoms with E-state index in [1.165, 1.54) is 100 Å². The highest BCUT2D eigenvalue weighted by Gasteiger charge is 2.16. The van der Waals surface area contributed by atoms with Gasteiger partial charge in [0.05, 0.1) is 4.88 Å². The number of fused-ring (bicyclic) bond motifs is 2. The number of nitrogens with one attached hydrogen (secondary N) is 1. The maximum Gasteiger partial charge on any atom is 0.123 e. The smallest absolute Gasteiger partial charge is 0.123 e. The zero-order chi connectivity index (χ0) is 29.6. The standard InChI is InChI=1S/C40H32FNS2/c1-2-3-4-5-6-7-22-42-28-15-8-25(9-16-28)10-17-29-23-34-30-18-21-33-38-31(19-20-32(37(30)38)39(34)43-29)35-24-36(44-40(33)35)26-11-13-27(41)14-12-26/h8-9,11-16,18-21,23-24,42H,2-7,22H2,1H3.